The maximum Gasteiger partial charge on any atom is 0.156 e. The van der Waals surface area contributed by atoms with E-state index >= 15 is 0 Å². The second-order valence-corrected chi connectivity index (χ2v) is 3.19. The van der Waals surface area contributed by atoms with E-state index in [-0.39, 0.29) is 12.4 Å². The number of nitrogens with zero attached hydrogens (tertiary/aromatic N) is 1. The second-order valence-electron chi connectivity index (χ2n) is 3.19. The summed E-state index contributed by atoms with van der Waals surface area (Å²) in [5.41, 5.74) is 2.37. The summed E-state index contributed by atoms with van der Waals surface area (Å²) in [5.74, 6) is 1.32. The van der Waals surface area contributed by atoms with Crippen LogP contribution >= 0.6 is 12.4 Å². The maximum absolute atomic E-state index is 7.55. The van der Waals surface area contributed by atoms with E-state index in [2.05, 4.69) is 29.4 Å². The molecule has 0 aliphatic carbocycles. The molecule has 1 aromatic heterocycles. The third kappa shape index (κ3) is 3.23. The predicted molar refractivity (Wildman–Crippen MR) is 66.2 cm³/mol. The van der Waals surface area contributed by atoms with Gasteiger partial charge in [0.05, 0.1) is 5.84 Å². The molecule has 0 saturated heterocycles. The molecular formula is C10H19ClN4. The Kier molecular flexibility index (Phi) is 6.01. The molecular weight excluding hydrogens is 212 g/mol. The van der Waals surface area contributed by atoms with Crippen LogP contribution in [0.5, 0.6) is 0 Å². The Hall–Kier alpha value is -1.03. The lowest BCUT2D eigenvalue weighted by atomic mass is 10.1. The minimum atomic E-state index is 0. The fourth-order valence-corrected chi connectivity index (χ4v) is 1.41. The first-order valence-electron chi connectivity index (χ1n) is 5.13. The number of aromatic nitrogens is 2. The first-order valence-corrected chi connectivity index (χ1v) is 5.13. The molecule has 0 amide bonds. The number of anilines is 1. The SMILES string of the molecule is CCC(=N)Nc1n[nH]c(CC)c1CC.Cl. The fraction of sp³-hybridized carbons (Fsp3) is 0.600. The molecule has 0 aliphatic heterocycles. The van der Waals surface area contributed by atoms with Crippen LogP contribution in [-0.2, 0) is 12.8 Å². The van der Waals surface area contributed by atoms with Crippen LogP contribution in [0.3, 0.4) is 0 Å². The topological polar surface area (TPSA) is 64.6 Å². The number of hydrogen-bond acceptors (Lipinski definition) is 2. The van der Waals surface area contributed by atoms with Crippen molar-refractivity contribution >= 4 is 24.1 Å². The van der Waals surface area contributed by atoms with Gasteiger partial charge in [-0.15, -0.1) is 12.4 Å². The standard InChI is InChI=1S/C10H18N4.ClH/c1-4-7-8(5-2)13-14-10(7)12-9(11)6-3;/h4-6H2,1-3H3,(H3,11,12,13,14);1H. The van der Waals surface area contributed by atoms with Crippen LogP contribution < -0.4 is 5.32 Å². The third-order valence-corrected chi connectivity index (χ3v) is 2.28. The summed E-state index contributed by atoms with van der Waals surface area (Å²) in [4.78, 5) is 0. The van der Waals surface area contributed by atoms with Crippen LogP contribution in [0.2, 0.25) is 0 Å². The predicted octanol–water partition coefficient (Wildman–Crippen LogP) is 2.76. The molecule has 0 unspecified atom stereocenters. The van der Waals surface area contributed by atoms with E-state index in [0.717, 1.165) is 18.7 Å². The smallest absolute Gasteiger partial charge is 0.156 e. The highest BCUT2D eigenvalue weighted by molar-refractivity contribution is 5.92. The van der Waals surface area contributed by atoms with Gasteiger partial charge in [0.25, 0.3) is 0 Å². The Morgan fingerprint density at radius 2 is 2.00 bits per heavy atom. The largest absolute Gasteiger partial charge is 0.327 e. The van der Waals surface area contributed by atoms with Crippen molar-refractivity contribution in [1.29, 1.82) is 5.41 Å². The Balaban J connectivity index is 0.00000196. The number of halogens is 1. The zero-order valence-electron chi connectivity index (χ0n) is 9.48. The molecule has 1 heterocycles. The Labute approximate surface area is 96.8 Å². The average molecular weight is 231 g/mol. The van der Waals surface area contributed by atoms with Crippen molar-refractivity contribution in [2.45, 2.75) is 40.0 Å². The number of rotatable bonds is 4. The lowest BCUT2D eigenvalue weighted by molar-refractivity contribution is 0.957. The highest BCUT2D eigenvalue weighted by Gasteiger charge is 2.10. The molecule has 0 aliphatic rings. The van der Waals surface area contributed by atoms with Crippen LogP contribution in [0.15, 0.2) is 0 Å². The molecule has 0 bridgehead atoms. The Bertz CT molecular complexity index is 319. The van der Waals surface area contributed by atoms with Crippen molar-refractivity contribution < 1.29 is 0 Å². The molecule has 0 fully saturated rings. The molecule has 0 aromatic carbocycles. The van der Waals surface area contributed by atoms with Gasteiger partial charge in [-0.3, -0.25) is 10.5 Å². The lowest BCUT2D eigenvalue weighted by Crippen LogP contribution is -2.10. The molecule has 3 N–H and O–H groups in total. The van der Waals surface area contributed by atoms with Gasteiger partial charge in [-0.25, -0.2) is 0 Å². The molecule has 0 atom stereocenters. The molecule has 15 heavy (non-hydrogen) atoms. The molecule has 1 rings (SSSR count). The molecule has 0 saturated carbocycles. The molecule has 0 radical (unpaired) electrons. The third-order valence-electron chi connectivity index (χ3n) is 2.28. The van der Waals surface area contributed by atoms with Crippen molar-refractivity contribution in [3.8, 4) is 0 Å². The number of amidine groups is 1. The van der Waals surface area contributed by atoms with Gasteiger partial charge < -0.3 is 5.32 Å². The molecule has 1 aromatic rings. The Morgan fingerprint density at radius 3 is 2.47 bits per heavy atom. The first kappa shape index (κ1) is 14.0. The minimum Gasteiger partial charge on any atom is -0.327 e. The van der Waals surface area contributed by atoms with Crippen molar-refractivity contribution in [2.24, 2.45) is 0 Å². The average Bonchev–Trinajstić information content (AvgIpc) is 2.59. The second kappa shape index (κ2) is 6.45. The number of hydrogen-bond donors (Lipinski definition) is 3. The normalized spacial score (nSPS) is 9.53. The summed E-state index contributed by atoms with van der Waals surface area (Å²) in [5, 5.41) is 17.7. The van der Waals surface area contributed by atoms with Crippen LogP contribution in [0.4, 0.5) is 5.82 Å². The Morgan fingerprint density at radius 1 is 1.33 bits per heavy atom. The van der Waals surface area contributed by atoms with Gasteiger partial charge in [0.1, 0.15) is 0 Å². The molecule has 5 heteroatoms. The zero-order chi connectivity index (χ0) is 10.6. The molecule has 86 valence electrons. The van der Waals surface area contributed by atoms with Crippen molar-refractivity contribution in [3.05, 3.63) is 11.3 Å². The summed E-state index contributed by atoms with van der Waals surface area (Å²) in [6.07, 6.45) is 2.60. The van der Waals surface area contributed by atoms with E-state index in [9.17, 15) is 0 Å². The number of aromatic amines is 1. The summed E-state index contributed by atoms with van der Waals surface area (Å²) in [7, 11) is 0. The summed E-state index contributed by atoms with van der Waals surface area (Å²) in [6, 6.07) is 0. The summed E-state index contributed by atoms with van der Waals surface area (Å²) < 4.78 is 0. The van der Waals surface area contributed by atoms with Crippen molar-refractivity contribution in [3.63, 3.8) is 0 Å². The number of nitrogens with one attached hydrogen (secondary N) is 3. The van der Waals surface area contributed by atoms with E-state index in [0.29, 0.717) is 12.3 Å². The van der Waals surface area contributed by atoms with Crippen molar-refractivity contribution in [1.82, 2.24) is 10.2 Å². The van der Waals surface area contributed by atoms with Gasteiger partial charge >= 0.3 is 0 Å². The van der Waals surface area contributed by atoms with E-state index < -0.39 is 0 Å². The molecule has 4 nitrogen and oxygen atoms in total. The van der Waals surface area contributed by atoms with Gasteiger partial charge in [0.15, 0.2) is 5.82 Å². The molecule has 0 spiro atoms. The number of H-pyrrole nitrogens is 1. The van der Waals surface area contributed by atoms with Gasteiger partial charge in [0.2, 0.25) is 0 Å². The maximum atomic E-state index is 7.55. The van der Waals surface area contributed by atoms with Gasteiger partial charge in [-0.2, -0.15) is 5.10 Å². The minimum absolute atomic E-state index is 0. The van der Waals surface area contributed by atoms with Crippen LogP contribution in [0, 0.1) is 5.41 Å². The van der Waals surface area contributed by atoms with Gasteiger partial charge in [-0.05, 0) is 12.8 Å². The van der Waals surface area contributed by atoms with E-state index in [1.54, 1.807) is 0 Å². The van der Waals surface area contributed by atoms with Gasteiger partial charge in [-0.1, -0.05) is 20.8 Å². The summed E-state index contributed by atoms with van der Waals surface area (Å²) in [6.45, 7) is 6.15. The summed E-state index contributed by atoms with van der Waals surface area (Å²) >= 11 is 0. The van der Waals surface area contributed by atoms with Crippen molar-refractivity contribution in [2.75, 3.05) is 5.32 Å². The monoisotopic (exact) mass is 230 g/mol. The lowest BCUT2D eigenvalue weighted by Gasteiger charge is -2.04. The van der Waals surface area contributed by atoms with Crippen LogP contribution in [-0.4, -0.2) is 16.0 Å². The van der Waals surface area contributed by atoms with E-state index in [4.69, 9.17) is 5.41 Å². The zero-order valence-corrected chi connectivity index (χ0v) is 10.3. The highest BCUT2D eigenvalue weighted by Crippen LogP contribution is 2.17. The fourth-order valence-electron chi connectivity index (χ4n) is 1.41. The quantitative estimate of drug-likeness (QED) is 0.550. The highest BCUT2D eigenvalue weighted by atomic mass is 35.5. The van der Waals surface area contributed by atoms with E-state index in [1.165, 1.54) is 11.3 Å². The van der Waals surface area contributed by atoms with Crippen LogP contribution in [0.1, 0.15) is 38.4 Å². The van der Waals surface area contributed by atoms with Crippen LogP contribution in [0.25, 0.3) is 0 Å². The van der Waals surface area contributed by atoms with Gasteiger partial charge in [0, 0.05) is 17.7 Å². The first-order chi connectivity index (χ1) is 6.72. The van der Waals surface area contributed by atoms with E-state index in [1.807, 2.05) is 6.92 Å². The number of aryl methyl sites for hydroxylation is 1.